The van der Waals surface area contributed by atoms with Crippen molar-refractivity contribution >= 4 is 17.9 Å². The first-order chi connectivity index (χ1) is 32.5. The highest BCUT2D eigenvalue weighted by Gasteiger charge is 2.19. The highest BCUT2D eigenvalue weighted by molar-refractivity contribution is 5.71. The molecule has 6 heteroatoms. The molecular weight excluding hydrogens is 817 g/mol. The molecule has 66 heavy (non-hydrogen) atoms. The maximum absolute atomic E-state index is 12.8. The van der Waals surface area contributed by atoms with E-state index in [-0.39, 0.29) is 37.5 Å². The summed E-state index contributed by atoms with van der Waals surface area (Å²) in [5.41, 5.74) is 0. The quantitative estimate of drug-likeness (QED) is 0.0262. The topological polar surface area (TPSA) is 78.9 Å². The van der Waals surface area contributed by atoms with E-state index < -0.39 is 6.10 Å². The van der Waals surface area contributed by atoms with Gasteiger partial charge in [-0.3, -0.25) is 14.4 Å². The van der Waals surface area contributed by atoms with E-state index in [1.165, 1.54) is 199 Å². The Morgan fingerprint density at radius 3 is 0.879 bits per heavy atom. The van der Waals surface area contributed by atoms with Gasteiger partial charge in [0.2, 0.25) is 0 Å². The number of hydrogen-bond donors (Lipinski definition) is 0. The lowest BCUT2D eigenvalue weighted by atomic mass is 10.0. The third-order valence-electron chi connectivity index (χ3n) is 12.9. The van der Waals surface area contributed by atoms with Gasteiger partial charge in [0, 0.05) is 19.3 Å². The first-order valence-electron chi connectivity index (χ1n) is 29.0. The van der Waals surface area contributed by atoms with Crippen molar-refractivity contribution in [3.63, 3.8) is 0 Å². The van der Waals surface area contributed by atoms with E-state index in [9.17, 15) is 14.4 Å². The molecule has 0 saturated heterocycles. The van der Waals surface area contributed by atoms with Gasteiger partial charge in [0.05, 0.1) is 0 Å². The second-order valence-electron chi connectivity index (χ2n) is 19.6. The molecule has 0 radical (unpaired) electrons. The lowest BCUT2D eigenvalue weighted by molar-refractivity contribution is -0.167. The highest BCUT2D eigenvalue weighted by atomic mass is 16.6. The molecule has 0 amide bonds. The Bertz CT molecular complexity index is 1110. The molecule has 0 unspecified atom stereocenters. The molecule has 0 rings (SSSR count). The van der Waals surface area contributed by atoms with E-state index >= 15 is 0 Å². The van der Waals surface area contributed by atoms with E-state index in [4.69, 9.17) is 14.2 Å². The van der Waals surface area contributed by atoms with Crippen molar-refractivity contribution in [2.45, 2.75) is 316 Å². The molecule has 0 N–H and O–H groups in total. The van der Waals surface area contributed by atoms with Crippen molar-refractivity contribution in [1.29, 1.82) is 0 Å². The number of allylic oxidation sites excluding steroid dienone is 6. The average Bonchev–Trinajstić information content (AvgIpc) is 3.31. The van der Waals surface area contributed by atoms with Gasteiger partial charge in [-0.05, 0) is 57.8 Å². The Labute approximate surface area is 410 Å². The number of rotatable bonds is 53. The van der Waals surface area contributed by atoms with E-state index in [1.807, 2.05) is 0 Å². The Kier molecular flexibility index (Phi) is 53.2. The van der Waals surface area contributed by atoms with Crippen LogP contribution in [-0.4, -0.2) is 37.2 Å². The summed E-state index contributed by atoms with van der Waals surface area (Å²) in [6, 6.07) is 0. The summed E-state index contributed by atoms with van der Waals surface area (Å²) in [4.78, 5) is 38.1. The monoisotopic (exact) mass is 927 g/mol. The van der Waals surface area contributed by atoms with Crippen molar-refractivity contribution in [3.05, 3.63) is 36.5 Å². The van der Waals surface area contributed by atoms with Gasteiger partial charge in [-0.2, -0.15) is 0 Å². The third-order valence-corrected chi connectivity index (χ3v) is 12.9. The molecule has 0 spiro atoms. The maximum atomic E-state index is 12.8. The van der Waals surface area contributed by atoms with E-state index in [0.717, 1.165) is 64.2 Å². The predicted octanol–water partition coefficient (Wildman–Crippen LogP) is 19.3. The number of unbranched alkanes of at least 4 members (excludes halogenated alkanes) is 36. The molecule has 0 bridgehead atoms. The van der Waals surface area contributed by atoms with Gasteiger partial charge in [-0.25, -0.2) is 0 Å². The Balaban J connectivity index is 4.37. The van der Waals surface area contributed by atoms with Crippen molar-refractivity contribution in [3.8, 4) is 0 Å². The summed E-state index contributed by atoms with van der Waals surface area (Å²) in [7, 11) is 0. The normalized spacial score (nSPS) is 12.2. The molecule has 1 atom stereocenters. The smallest absolute Gasteiger partial charge is 0.306 e. The number of hydrogen-bond acceptors (Lipinski definition) is 6. The Morgan fingerprint density at radius 2 is 0.545 bits per heavy atom. The van der Waals surface area contributed by atoms with Crippen LogP contribution in [0, 0.1) is 0 Å². The van der Waals surface area contributed by atoms with Crippen molar-refractivity contribution in [2.24, 2.45) is 0 Å². The molecule has 0 aromatic carbocycles. The molecule has 0 aliphatic carbocycles. The largest absolute Gasteiger partial charge is 0.462 e. The summed E-state index contributed by atoms with van der Waals surface area (Å²) >= 11 is 0. The van der Waals surface area contributed by atoms with Gasteiger partial charge in [-0.1, -0.05) is 269 Å². The standard InChI is InChI=1S/C60H110O6/c1-4-7-10-13-16-19-22-25-28-29-30-33-35-38-41-44-47-50-53-59(62)65-56-57(66-60(63)54-51-48-45-42-39-36-32-27-24-21-18-15-12-9-6-3)55-64-58(61)52-49-46-43-40-37-34-31-26-23-20-17-14-11-8-5-2/h18,21,27,32,39,42,57H,4-17,19-20,22-26,28-31,33-38,40-41,43-56H2,1-3H3/b21-18-,32-27-,42-39-/t57-/m1/s1. The highest BCUT2D eigenvalue weighted by Crippen LogP contribution is 2.17. The summed E-state index contributed by atoms with van der Waals surface area (Å²) in [5, 5.41) is 0. The summed E-state index contributed by atoms with van der Waals surface area (Å²) in [5.74, 6) is -0.902. The fraction of sp³-hybridized carbons (Fsp3) is 0.850. The SMILES string of the molecule is CCCCC/C=C\C/C=C\C/C=C\CCCCC(=O)O[C@H](COC(=O)CCCCCCCCCCCCCCCCC)COC(=O)CCCCCCCCCCCCCCCCCCCC. The molecule has 0 aliphatic heterocycles. The lowest BCUT2D eigenvalue weighted by Crippen LogP contribution is -2.30. The van der Waals surface area contributed by atoms with E-state index in [2.05, 4.69) is 57.2 Å². The summed E-state index contributed by atoms with van der Waals surface area (Å²) < 4.78 is 16.8. The minimum absolute atomic E-state index is 0.0826. The van der Waals surface area contributed by atoms with Gasteiger partial charge < -0.3 is 14.2 Å². The molecule has 0 aromatic heterocycles. The van der Waals surface area contributed by atoms with E-state index in [1.54, 1.807) is 0 Å². The van der Waals surface area contributed by atoms with Crippen LogP contribution in [0.1, 0.15) is 310 Å². The molecule has 0 aromatic rings. The average molecular weight is 928 g/mol. The Morgan fingerprint density at radius 1 is 0.303 bits per heavy atom. The minimum atomic E-state index is -0.787. The second kappa shape index (κ2) is 55.2. The first-order valence-corrected chi connectivity index (χ1v) is 29.0. The fourth-order valence-corrected chi connectivity index (χ4v) is 8.51. The molecular formula is C60H110O6. The van der Waals surface area contributed by atoms with Gasteiger partial charge in [0.25, 0.3) is 0 Å². The molecule has 0 fully saturated rings. The predicted molar refractivity (Wildman–Crippen MR) is 284 cm³/mol. The number of esters is 3. The summed E-state index contributed by atoms with van der Waals surface area (Å²) in [6.07, 6.45) is 65.6. The van der Waals surface area contributed by atoms with Crippen molar-refractivity contribution in [1.82, 2.24) is 0 Å². The van der Waals surface area contributed by atoms with Crippen LogP contribution in [0.25, 0.3) is 0 Å². The lowest BCUT2D eigenvalue weighted by Gasteiger charge is -2.18. The van der Waals surface area contributed by atoms with Crippen LogP contribution in [0.4, 0.5) is 0 Å². The van der Waals surface area contributed by atoms with Crippen LogP contribution in [0.15, 0.2) is 36.5 Å². The zero-order valence-electron chi connectivity index (χ0n) is 44.2. The molecule has 0 saturated carbocycles. The summed E-state index contributed by atoms with van der Waals surface area (Å²) in [6.45, 7) is 6.63. The van der Waals surface area contributed by atoms with Gasteiger partial charge in [-0.15, -0.1) is 0 Å². The zero-order valence-corrected chi connectivity index (χ0v) is 44.2. The molecule has 386 valence electrons. The van der Waals surface area contributed by atoms with E-state index in [0.29, 0.717) is 19.3 Å². The van der Waals surface area contributed by atoms with Crippen LogP contribution < -0.4 is 0 Å². The van der Waals surface area contributed by atoms with Crippen LogP contribution in [0.3, 0.4) is 0 Å². The van der Waals surface area contributed by atoms with Gasteiger partial charge in [0.15, 0.2) is 6.10 Å². The zero-order chi connectivity index (χ0) is 47.9. The maximum Gasteiger partial charge on any atom is 0.306 e. The Hall–Kier alpha value is -2.37. The molecule has 6 nitrogen and oxygen atoms in total. The molecule has 0 heterocycles. The van der Waals surface area contributed by atoms with Crippen molar-refractivity contribution < 1.29 is 28.6 Å². The van der Waals surface area contributed by atoms with Gasteiger partial charge in [0.1, 0.15) is 13.2 Å². The van der Waals surface area contributed by atoms with Crippen LogP contribution in [-0.2, 0) is 28.6 Å². The number of carbonyl (C=O) groups is 3. The minimum Gasteiger partial charge on any atom is -0.462 e. The van der Waals surface area contributed by atoms with Crippen LogP contribution in [0.2, 0.25) is 0 Å². The van der Waals surface area contributed by atoms with Crippen LogP contribution >= 0.6 is 0 Å². The third kappa shape index (κ3) is 52.6. The second-order valence-corrected chi connectivity index (χ2v) is 19.6. The van der Waals surface area contributed by atoms with Gasteiger partial charge >= 0.3 is 17.9 Å². The first kappa shape index (κ1) is 63.6. The van der Waals surface area contributed by atoms with Crippen molar-refractivity contribution in [2.75, 3.05) is 13.2 Å². The number of carbonyl (C=O) groups excluding carboxylic acids is 3. The number of ether oxygens (including phenoxy) is 3. The van der Waals surface area contributed by atoms with Crippen LogP contribution in [0.5, 0.6) is 0 Å². The molecule has 0 aliphatic rings. The fourth-order valence-electron chi connectivity index (χ4n) is 8.51.